The number of aryl methyl sites for hydroxylation is 1. The van der Waals surface area contributed by atoms with Crippen molar-refractivity contribution in [2.75, 3.05) is 14.1 Å². The Morgan fingerprint density at radius 1 is 1.56 bits per heavy atom. The Labute approximate surface area is 98.2 Å². The summed E-state index contributed by atoms with van der Waals surface area (Å²) in [7, 11) is 4.54. The van der Waals surface area contributed by atoms with Gasteiger partial charge in [-0.15, -0.1) is 0 Å². The lowest BCUT2D eigenvalue weighted by molar-refractivity contribution is -0.129. The molecule has 1 aromatic heterocycles. The van der Waals surface area contributed by atoms with Gasteiger partial charge in [0.05, 0.1) is 0 Å². The highest BCUT2D eigenvalue weighted by atomic mass is 35.7. The highest BCUT2D eigenvalue weighted by Gasteiger charge is 2.17. The Bertz CT molecular complexity index is 507. The number of hydrogen-bond acceptors (Lipinski definition) is 4. The molecule has 16 heavy (non-hydrogen) atoms. The molecule has 0 unspecified atom stereocenters. The van der Waals surface area contributed by atoms with E-state index in [1.165, 1.54) is 15.7 Å². The minimum Gasteiger partial charge on any atom is -0.347 e. The monoisotopic (exact) mass is 265 g/mol. The van der Waals surface area contributed by atoms with E-state index < -0.39 is 9.05 Å². The zero-order valence-electron chi connectivity index (χ0n) is 9.14. The maximum absolute atomic E-state index is 11.4. The van der Waals surface area contributed by atoms with Crippen molar-refractivity contribution in [3.63, 3.8) is 0 Å². The maximum Gasteiger partial charge on any atom is 0.280 e. The first-order chi connectivity index (χ1) is 7.21. The van der Waals surface area contributed by atoms with Crippen molar-refractivity contribution in [2.45, 2.75) is 18.5 Å². The summed E-state index contributed by atoms with van der Waals surface area (Å²) in [5.41, 5.74) is 0. The molecule has 0 spiro atoms. The van der Waals surface area contributed by atoms with Gasteiger partial charge in [-0.25, -0.2) is 13.4 Å². The van der Waals surface area contributed by atoms with Gasteiger partial charge >= 0.3 is 0 Å². The summed E-state index contributed by atoms with van der Waals surface area (Å²) in [6, 6.07) is 0. The summed E-state index contributed by atoms with van der Waals surface area (Å²) in [5.74, 6) is 0.272. The van der Waals surface area contributed by atoms with Crippen LogP contribution in [0.3, 0.4) is 0 Å². The average Bonchev–Trinajstić information content (AvgIpc) is 2.47. The van der Waals surface area contributed by atoms with Crippen LogP contribution in [0.25, 0.3) is 0 Å². The average molecular weight is 266 g/mol. The minimum absolute atomic E-state index is 0.0399. The number of amides is 1. The van der Waals surface area contributed by atoms with E-state index in [2.05, 4.69) is 4.98 Å². The van der Waals surface area contributed by atoms with E-state index in [0.29, 0.717) is 5.82 Å². The summed E-state index contributed by atoms with van der Waals surface area (Å²) in [5, 5.41) is -0.238. The van der Waals surface area contributed by atoms with Crippen molar-refractivity contribution in [3.8, 4) is 0 Å². The van der Waals surface area contributed by atoms with Crippen molar-refractivity contribution in [3.05, 3.63) is 12.0 Å². The van der Waals surface area contributed by atoms with Gasteiger partial charge in [-0.3, -0.25) is 4.79 Å². The van der Waals surface area contributed by atoms with Crippen molar-refractivity contribution < 1.29 is 13.2 Å². The Hall–Kier alpha value is -1.08. The Kier molecular flexibility index (Phi) is 3.59. The van der Waals surface area contributed by atoms with Crippen LogP contribution in [0.4, 0.5) is 0 Å². The van der Waals surface area contributed by atoms with E-state index >= 15 is 0 Å². The second-order valence-electron chi connectivity index (χ2n) is 3.48. The highest BCUT2D eigenvalue weighted by Crippen LogP contribution is 2.13. The van der Waals surface area contributed by atoms with Crippen LogP contribution in [0.2, 0.25) is 0 Å². The predicted molar refractivity (Wildman–Crippen MR) is 58.7 cm³/mol. The number of rotatable bonds is 3. The van der Waals surface area contributed by atoms with Crippen molar-refractivity contribution >= 4 is 25.6 Å². The summed E-state index contributed by atoms with van der Waals surface area (Å²) in [6.07, 6.45) is 1.25. The molecule has 6 nitrogen and oxygen atoms in total. The summed E-state index contributed by atoms with van der Waals surface area (Å²) < 4.78 is 23.5. The molecule has 90 valence electrons. The molecule has 1 rings (SSSR count). The lowest BCUT2D eigenvalue weighted by Crippen LogP contribution is -2.26. The fourth-order valence-corrected chi connectivity index (χ4v) is 1.76. The van der Waals surface area contributed by atoms with E-state index in [1.807, 2.05) is 0 Å². The van der Waals surface area contributed by atoms with Crippen LogP contribution in [0.5, 0.6) is 0 Å². The number of likely N-dealkylation sites (N-methyl/N-ethyl adjacent to an activating group) is 1. The summed E-state index contributed by atoms with van der Waals surface area (Å²) in [4.78, 5) is 16.6. The quantitative estimate of drug-likeness (QED) is 0.733. The minimum atomic E-state index is -3.85. The molecule has 0 atom stereocenters. The Morgan fingerprint density at radius 2 is 2.12 bits per heavy atom. The van der Waals surface area contributed by atoms with Gasteiger partial charge in [-0.05, 0) is 6.92 Å². The summed E-state index contributed by atoms with van der Waals surface area (Å²) >= 11 is 0. The number of carbonyl (C=O) groups excluding carboxylic acids is 1. The van der Waals surface area contributed by atoms with Gasteiger partial charge in [0, 0.05) is 31.0 Å². The molecule has 0 saturated carbocycles. The first-order valence-corrected chi connectivity index (χ1v) is 6.71. The molecule has 0 N–H and O–H groups in total. The topological polar surface area (TPSA) is 72.3 Å². The molecule has 0 bridgehead atoms. The highest BCUT2D eigenvalue weighted by molar-refractivity contribution is 8.13. The molecule has 0 aliphatic heterocycles. The standard InChI is InChI=1S/C8H12ClN3O3S/c1-6-10-7(16(9,14)15)4-12(6)5-8(13)11(2)3/h4H,5H2,1-3H3. The molecule has 0 fully saturated rings. The Morgan fingerprint density at radius 3 is 2.50 bits per heavy atom. The van der Waals surface area contributed by atoms with Gasteiger partial charge in [-0.1, -0.05) is 0 Å². The smallest absolute Gasteiger partial charge is 0.280 e. The first kappa shape index (κ1) is 13.0. The van der Waals surface area contributed by atoms with Crippen LogP contribution < -0.4 is 0 Å². The third-order valence-corrected chi connectivity index (χ3v) is 3.18. The van der Waals surface area contributed by atoms with Gasteiger partial charge < -0.3 is 9.47 Å². The fraction of sp³-hybridized carbons (Fsp3) is 0.500. The maximum atomic E-state index is 11.4. The van der Waals surface area contributed by atoms with Crippen LogP contribution in [-0.2, 0) is 20.4 Å². The third kappa shape index (κ3) is 2.96. The fourth-order valence-electron chi connectivity index (χ4n) is 1.04. The molecule has 0 radical (unpaired) electrons. The molecular formula is C8H12ClN3O3S. The van der Waals surface area contributed by atoms with E-state index in [4.69, 9.17) is 10.7 Å². The van der Waals surface area contributed by atoms with Gasteiger partial charge in [-0.2, -0.15) is 0 Å². The normalized spacial score (nSPS) is 11.5. The summed E-state index contributed by atoms with van der Waals surface area (Å²) in [6.45, 7) is 1.65. The molecule has 0 aliphatic rings. The number of hydrogen-bond donors (Lipinski definition) is 0. The molecule has 8 heteroatoms. The van der Waals surface area contributed by atoms with Crippen LogP contribution in [0.15, 0.2) is 11.2 Å². The number of imidazole rings is 1. The van der Waals surface area contributed by atoms with Crippen LogP contribution in [0.1, 0.15) is 5.82 Å². The van der Waals surface area contributed by atoms with Crippen LogP contribution >= 0.6 is 10.7 Å². The van der Waals surface area contributed by atoms with Crippen LogP contribution in [-0.4, -0.2) is 42.9 Å². The molecule has 0 aliphatic carbocycles. The number of nitrogens with zero attached hydrogens (tertiary/aromatic N) is 3. The number of carbonyl (C=O) groups is 1. The van der Waals surface area contributed by atoms with Gasteiger partial charge in [0.15, 0.2) is 5.03 Å². The molecule has 0 saturated heterocycles. The number of halogens is 1. The third-order valence-electron chi connectivity index (χ3n) is 2.01. The Balaban J connectivity index is 3.00. The molecule has 1 heterocycles. The first-order valence-electron chi connectivity index (χ1n) is 4.40. The molecule has 1 aromatic rings. The predicted octanol–water partition coefficient (Wildman–Crippen LogP) is 0.207. The van der Waals surface area contributed by atoms with E-state index in [9.17, 15) is 13.2 Å². The van der Waals surface area contributed by atoms with E-state index in [1.54, 1.807) is 21.0 Å². The molecule has 0 aromatic carbocycles. The lowest BCUT2D eigenvalue weighted by Gasteiger charge is -2.10. The molecule has 1 amide bonds. The van der Waals surface area contributed by atoms with Gasteiger partial charge in [0.2, 0.25) is 5.91 Å². The van der Waals surface area contributed by atoms with Crippen molar-refractivity contribution in [1.29, 1.82) is 0 Å². The van der Waals surface area contributed by atoms with Crippen LogP contribution in [0, 0.1) is 6.92 Å². The molecular weight excluding hydrogens is 254 g/mol. The SMILES string of the molecule is Cc1nc(S(=O)(=O)Cl)cn1CC(=O)N(C)C. The zero-order chi connectivity index (χ0) is 12.5. The van der Waals surface area contributed by atoms with Crippen molar-refractivity contribution in [1.82, 2.24) is 14.5 Å². The van der Waals surface area contributed by atoms with Gasteiger partial charge in [0.1, 0.15) is 12.4 Å². The zero-order valence-corrected chi connectivity index (χ0v) is 10.7. The van der Waals surface area contributed by atoms with Crippen molar-refractivity contribution in [2.24, 2.45) is 0 Å². The van der Waals surface area contributed by atoms with Gasteiger partial charge in [0.25, 0.3) is 9.05 Å². The second-order valence-corrected chi connectivity index (χ2v) is 5.99. The van der Waals surface area contributed by atoms with E-state index in [0.717, 1.165) is 0 Å². The second kappa shape index (κ2) is 4.42. The lowest BCUT2D eigenvalue weighted by atomic mass is 10.5. The van der Waals surface area contributed by atoms with E-state index in [-0.39, 0.29) is 17.5 Å². The largest absolute Gasteiger partial charge is 0.347 e. The number of aromatic nitrogens is 2.